The van der Waals surface area contributed by atoms with E-state index in [1.165, 1.54) is 12.1 Å². The number of rotatable bonds is 2. The topological polar surface area (TPSA) is 37.3 Å². The molecular weight excluding hydrogens is 183 g/mol. The normalized spacial score (nSPS) is 24.7. The fourth-order valence-corrected chi connectivity index (χ4v) is 1.87. The fraction of sp³-hybridized carbons (Fsp3) is 0.364. The maximum absolute atomic E-state index is 12.8. The van der Waals surface area contributed by atoms with E-state index < -0.39 is 5.97 Å². The summed E-state index contributed by atoms with van der Waals surface area (Å²) in [5.41, 5.74) is 1.82. The molecule has 0 radical (unpaired) electrons. The molecule has 0 aliphatic heterocycles. The zero-order valence-electron chi connectivity index (χ0n) is 7.83. The van der Waals surface area contributed by atoms with Crippen LogP contribution in [0.3, 0.4) is 0 Å². The van der Waals surface area contributed by atoms with Gasteiger partial charge < -0.3 is 5.11 Å². The van der Waals surface area contributed by atoms with Gasteiger partial charge >= 0.3 is 5.97 Å². The van der Waals surface area contributed by atoms with Gasteiger partial charge in [-0.3, -0.25) is 4.79 Å². The number of halogens is 1. The lowest BCUT2D eigenvalue weighted by atomic mass is 10.0. The van der Waals surface area contributed by atoms with Gasteiger partial charge in [-0.25, -0.2) is 4.39 Å². The standard InChI is InChI=1S/C11H11FO2/c1-6-4-7(12)2-3-8(6)9-5-10(9)11(13)14/h2-4,9-10H,5H2,1H3,(H,13,14)/t9-,10-/m1/s1. The first-order valence-electron chi connectivity index (χ1n) is 4.58. The Kier molecular flexibility index (Phi) is 2.02. The molecule has 0 amide bonds. The van der Waals surface area contributed by atoms with Crippen LogP contribution in [0.1, 0.15) is 23.5 Å². The van der Waals surface area contributed by atoms with Gasteiger partial charge in [0.15, 0.2) is 0 Å². The van der Waals surface area contributed by atoms with Crippen molar-refractivity contribution in [3.63, 3.8) is 0 Å². The molecule has 2 nitrogen and oxygen atoms in total. The van der Waals surface area contributed by atoms with Gasteiger partial charge in [0, 0.05) is 0 Å². The number of aliphatic carboxylic acids is 1. The summed E-state index contributed by atoms with van der Waals surface area (Å²) >= 11 is 0. The first-order chi connectivity index (χ1) is 6.59. The molecule has 14 heavy (non-hydrogen) atoms. The Bertz CT molecular complexity index is 387. The molecule has 3 heteroatoms. The summed E-state index contributed by atoms with van der Waals surface area (Å²) in [7, 11) is 0. The highest BCUT2D eigenvalue weighted by atomic mass is 19.1. The molecule has 1 saturated carbocycles. The SMILES string of the molecule is Cc1cc(F)ccc1[C@H]1C[C@H]1C(=O)O. The number of hydrogen-bond donors (Lipinski definition) is 1. The molecule has 2 atom stereocenters. The zero-order chi connectivity index (χ0) is 10.3. The largest absolute Gasteiger partial charge is 0.481 e. The van der Waals surface area contributed by atoms with Crippen LogP contribution in [0, 0.1) is 18.7 Å². The van der Waals surface area contributed by atoms with E-state index in [1.807, 2.05) is 6.92 Å². The molecule has 1 N–H and O–H groups in total. The van der Waals surface area contributed by atoms with Crippen LogP contribution in [0.25, 0.3) is 0 Å². The number of carbonyl (C=O) groups is 1. The second kappa shape index (κ2) is 3.08. The number of hydrogen-bond acceptors (Lipinski definition) is 1. The number of carboxylic acid groups (broad SMARTS) is 1. The highest BCUT2D eigenvalue weighted by Gasteiger charge is 2.44. The van der Waals surface area contributed by atoms with Crippen LogP contribution in [0.15, 0.2) is 18.2 Å². The molecule has 1 fully saturated rings. The summed E-state index contributed by atoms with van der Waals surface area (Å²) in [6, 6.07) is 4.53. The molecule has 0 heterocycles. The van der Waals surface area contributed by atoms with Crippen LogP contribution in [-0.2, 0) is 4.79 Å². The smallest absolute Gasteiger partial charge is 0.307 e. The van der Waals surface area contributed by atoms with E-state index in [0.717, 1.165) is 11.1 Å². The van der Waals surface area contributed by atoms with E-state index in [-0.39, 0.29) is 17.7 Å². The summed E-state index contributed by atoms with van der Waals surface area (Å²) in [5.74, 6) is -1.19. The van der Waals surface area contributed by atoms with E-state index in [2.05, 4.69) is 0 Å². The van der Waals surface area contributed by atoms with E-state index in [4.69, 9.17) is 5.11 Å². The summed E-state index contributed by atoms with van der Waals surface area (Å²) < 4.78 is 12.8. The lowest BCUT2D eigenvalue weighted by Gasteiger charge is -2.03. The fourth-order valence-electron chi connectivity index (χ4n) is 1.87. The second-order valence-electron chi connectivity index (χ2n) is 3.79. The molecule has 0 unspecified atom stereocenters. The van der Waals surface area contributed by atoms with Crippen molar-refractivity contribution in [1.29, 1.82) is 0 Å². The Morgan fingerprint density at radius 3 is 2.79 bits per heavy atom. The Labute approximate surface area is 81.4 Å². The van der Waals surface area contributed by atoms with Crippen molar-refractivity contribution in [1.82, 2.24) is 0 Å². The van der Waals surface area contributed by atoms with E-state index in [0.29, 0.717) is 6.42 Å². The minimum Gasteiger partial charge on any atom is -0.481 e. The van der Waals surface area contributed by atoms with Crippen molar-refractivity contribution in [3.05, 3.63) is 35.1 Å². The van der Waals surface area contributed by atoms with Gasteiger partial charge in [-0.1, -0.05) is 6.07 Å². The average molecular weight is 194 g/mol. The Balaban J connectivity index is 2.23. The van der Waals surface area contributed by atoms with Gasteiger partial charge in [0.2, 0.25) is 0 Å². The van der Waals surface area contributed by atoms with Crippen LogP contribution in [0.2, 0.25) is 0 Å². The predicted molar refractivity (Wildman–Crippen MR) is 49.6 cm³/mol. The molecule has 1 aliphatic carbocycles. The van der Waals surface area contributed by atoms with E-state index >= 15 is 0 Å². The highest BCUT2D eigenvalue weighted by Crippen LogP contribution is 2.48. The van der Waals surface area contributed by atoms with E-state index in [1.54, 1.807) is 6.07 Å². The zero-order valence-corrected chi connectivity index (χ0v) is 7.83. The van der Waals surface area contributed by atoms with Crippen molar-refractivity contribution in [2.45, 2.75) is 19.3 Å². The first kappa shape index (κ1) is 9.19. The van der Waals surface area contributed by atoms with Gasteiger partial charge in [-0.05, 0) is 42.5 Å². The maximum Gasteiger partial charge on any atom is 0.307 e. The summed E-state index contributed by atoms with van der Waals surface area (Å²) in [6.07, 6.45) is 0.682. The summed E-state index contributed by atoms with van der Waals surface area (Å²) in [5, 5.41) is 8.76. The van der Waals surface area contributed by atoms with Crippen molar-refractivity contribution in [3.8, 4) is 0 Å². The molecule has 0 spiro atoms. The highest BCUT2D eigenvalue weighted by molar-refractivity contribution is 5.75. The van der Waals surface area contributed by atoms with Crippen molar-refractivity contribution in [2.75, 3.05) is 0 Å². The minimum absolute atomic E-state index is 0.0908. The molecule has 0 saturated heterocycles. The summed E-state index contributed by atoms with van der Waals surface area (Å²) in [6.45, 7) is 1.82. The quantitative estimate of drug-likeness (QED) is 0.784. The Morgan fingerprint density at radius 2 is 2.29 bits per heavy atom. The van der Waals surface area contributed by atoms with Crippen molar-refractivity contribution in [2.24, 2.45) is 5.92 Å². The molecule has 1 aromatic carbocycles. The third kappa shape index (κ3) is 1.50. The molecule has 1 aromatic rings. The van der Waals surface area contributed by atoms with Crippen LogP contribution < -0.4 is 0 Å². The number of benzene rings is 1. The Morgan fingerprint density at radius 1 is 1.57 bits per heavy atom. The predicted octanol–water partition coefficient (Wildman–Crippen LogP) is 2.32. The molecule has 74 valence electrons. The first-order valence-corrected chi connectivity index (χ1v) is 4.58. The number of carboxylic acids is 1. The van der Waals surface area contributed by atoms with Gasteiger partial charge in [0.25, 0.3) is 0 Å². The molecule has 0 bridgehead atoms. The van der Waals surface area contributed by atoms with Crippen LogP contribution >= 0.6 is 0 Å². The van der Waals surface area contributed by atoms with Gasteiger partial charge in [0.1, 0.15) is 5.82 Å². The van der Waals surface area contributed by atoms with Gasteiger partial charge in [0.05, 0.1) is 5.92 Å². The van der Waals surface area contributed by atoms with Crippen LogP contribution in [-0.4, -0.2) is 11.1 Å². The molecular formula is C11H11FO2. The third-order valence-corrected chi connectivity index (χ3v) is 2.74. The van der Waals surface area contributed by atoms with E-state index in [9.17, 15) is 9.18 Å². The maximum atomic E-state index is 12.8. The van der Waals surface area contributed by atoms with Crippen molar-refractivity contribution < 1.29 is 14.3 Å². The number of aryl methyl sites for hydroxylation is 1. The lowest BCUT2D eigenvalue weighted by Crippen LogP contribution is -1.99. The van der Waals surface area contributed by atoms with Crippen molar-refractivity contribution >= 4 is 5.97 Å². The monoisotopic (exact) mass is 194 g/mol. The summed E-state index contributed by atoms with van der Waals surface area (Å²) in [4.78, 5) is 10.6. The molecule has 0 aromatic heterocycles. The van der Waals surface area contributed by atoms with Gasteiger partial charge in [-0.2, -0.15) is 0 Å². The molecule has 2 rings (SSSR count). The minimum atomic E-state index is -0.751. The Hall–Kier alpha value is -1.38. The lowest BCUT2D eigenvalue weighted by molar-refractivity contribution is -0.138. The van der Waals surface area contributed by atoms with Crippen LogP contribution in [0.5, 0.6) is 0 Å². The third-order valence-electron chi connectivity index (χ3n) is 2.74. The second-order valence-corrected chi connectivity index (χ2v) is 3.79. The molecule has 1 aliphatic rings. The van der Waals surface area contributed by atoms with Crippen LogP contribution in [0.4, 0.5) is 4.39 Å². The van der Waals surface area contributed by atoms with Gasteiger partial charge in [-0.15, -0.1) is 0 Å². The average Bonchev–Trinajstić information content (AvgIpc) is 2.83.